The molecule has 1 fully saturated rings. The fourth-order valence-electron chi connectivity index (χ4n) is 3.52. The second-order valence-electron chi connectivity index (χ2n) is 7.02. The highest BCUT2D eigenvalue weighted by molar-refractivity contribution is 6.35. The van der Waals surface area contributed by atoms with Crippen LogP contribution in [0.15, 0.2) is 54.6 Å². The summed E-state index contributed by atoms with van der Waals surface area (Å²) in [4.78, 5) is 26.0. The zero-order valence-corrected chi connectivity index (χ0v) is 15.4. The van der Waals surface area contributed by atoms with Gasteiger partial charge in [0.1, 0.15) is 5.82 Å². The predicted octanol–water partition coefficient (Wildman–Crippen LogP) is 2.97. The third-order valence-electron chi connectivity index (χ3n) is 5.10. The van der Waals surface area contributed by atoms with Crippen molar-refractivity contribution >= 4 is 11.8 Å². The fourth-order valence-corrected chi connectivity index (χ4v) is 3.52. The van der Waals surface area contributed by atoms with E-state index in [2.05, 4.69) is 17.4 Å². The van der Waals surface area contributed by atoms with E-state index in [0.29, 0.717) is 31.0 Å². The summed E-state index contributed by atoms with van der Waals surface area (Å²) < 4.78 is 13.6. The van der Waals surface area contributed by atoms with Gasteiger partial charge in [0.25, 0.3) is 0 Å². The van der Waals surface area contributed by atoms with Gasteiger partial charge in [-0.1, -0.05) is 48.5 Å². The quantitative estimate of drug-likeness (QED) is 0.825. The largest absolute Gasteiger partial charge is 0.347 e. The monoisotopic (exact) mass is 368 g/mol. The number of amides is 2. The predicted molar refractivity (Wildman–Crippen MR) is 103 cm³/mol. The first-order chi connectivity index (χ1) is 13.1. The maximum Gasteiger partial charge on any atom is 0.311 e. The van der Waals surface area contributed by atoms with Crippen LogP contribution in [0.3, 0.4) is 0 Å². The highest BCUT2D eigenvalue weighted by atomic mass is 19.1. The van der Waals surface area contributed by atoms with Crippen molar-refractivity contribution in [3.05, 3.63) is 71.5 Å². The molecule has 1 heterocycles. The third-order valence-corrected chi connectivity index (χ3v) is 5.10. The molecule has 1 aliphatic rings. The summed E-state index contributed by atoms with van der Waals surface area (Å²) in [5, 5.41) is 2.61. The van der Waals surface area contributed by atoms with E-state index in [1.54, 1.807) is 23.1 Å². The first kappa shape index (κ1) is 19.1. The highest BCUT2D eigenvalue weighted by Gasteiger charge is 2.26. The van der Waals surface area contributed by atoms with Crippen LogP contribution in [0.2, 0.25) is 0 Å². The van der Waals surface area contributed by atoms with Crippen molar-refractivity contribution < 1.29 is 14.0 Å². The van der Waals surface area contributed by atoms with Crippen LogP contribution in [-0.4, -0.2) is 36.3 Å². The number of carbonyl (C=O) groups is 2. The van der Waals surface area contributed by atoms with Crippen LogP contribution in [0.4, 0.5) is 4.39 Å². The Morgan fingerprint density at radius 3 is 2.37 bits per heavy atom. The molecule has 0 aliphatic carbocycles. The van der Waals surface area contributed by atoms with Crippen LogP contribution < -0.4 is 5.32 Å². The summed E-state index contributed by atoms with van der Waals surface area (Å²) in [7, 11) is 0. The first-order valence-electron chi connectivity index (χ1n) is 9.48. The molecule has 1 aliphatic heterocycles. The molecule has 3 rings (SSSR count). The highest BCUT2D eigenvalue weighted by Crippen LogP contribution is 2.21. The summed E-state index contributed by atoms with van der Waals surface area (Å²) >= 11 is 0. The molecule has 4 nitrogen and oxygen atoms in total. The van der Waals surface area contributed by atoms with Crippen molar-refractivity contribution in [2.75, 3.05) is 19.6 Å². The lowest BCUT2D eigenvalue weighted by atomic mass is 9.90. The number of likely N-dealkylation sites (tertiary alicyclic amines) is 1. The molecule has 2 aromatic rings. The molecule has 0 radical (unpaired) electrons. The van der Waals surface area contributed by atoms with Gasteiger partial charge in [-0.25, -0.2) is 4.39 Å². The van der Waals surface area contributed by atoms with Crippen molar-refractivity contribution in [3.63, 3.8) is 0 Å². The molecule has 27 heavy (non-hydrogen) atoms. The second-order valence-corrected chi connectivity index (χ2v) is 7.02. The van der Waals surface area contributed by atoms with Crippen LogP contribution in [0, 0.1) is 11.7 Å². The molecule has 1 N–H and O–H groups in total. The summed E-state index contributed by atoms with van der Waals surface area (Å²) in [6.45, 7) is 1.46. The van der Waals surface area contributed by atoms with E-state index < -0.39 is 11.8 Å². The number of halogens is 1. The van der Waals surface area contributed by atoms with E-state index in [1.807, 2.05) is 18.2 Å². The molecule has 1 saturated heterocycles. The Labute approximate surface area is 159 Å². The van der Waals surface area contributed by atoms with E-state index in [1.165, 1.54) is 11.6 Å². The number of benzene rings is 2. The molecule has 142 valence electrons. The summed E-state index contributed by atoms with van der Waals surface area (Å²) in [5.41, 5.74) is 1.85. The molecule has 2 amide bonds. The fraction of sp³-hybridized carbons (Fsp3) is 0.364. The minimum absolute atomic E-state index is 0.246. The number of hydrogen-bond acceptors (Lipinski definition) is 2. The van der Waals surface area contributed by atoms with Gasteiger partial charge in [-0.15, -0.1) is 0 Å². The Morgan fingerprint density at radius 2 is 1.67 bits per heavy atom. The van der Waals surface area contributed by atoms with Crippen LogP contribution in [0.1, 0.15) is 24.0 Å². The number of hydrogen-bond donors (Lipinski definition) is 1. The standard InChI is InChI=1S/C22H25FN2O2/c23-20-9-5-4-8-19(20)10-13-24-21(26)22(27)25-14-11-18(12-15-25)16-17-6-2-1-3-7-17/h1-9,18H,10-16H2,(H,24,26). The lowest BCUT2D eigenvalue weighted by Gasteiger charge is -2.31. The van der Waals surface area contributed by atoms with Gasteiger partial charge in [-0.2, -0.15) is 0 Å². The van der Waals surface area contributed by atoms with Gasteiger partial charge in [-0.05, 0) is 48.8 Å². The van der Waals surface area contributed by atoms with E-state index in [4.69, 9.17) is 0 Å². The minimum Gasteiger partial charge on any atom is -0.347 e. The van der Waals surface area contributed by atoms with Crippen molar-refractivity contribution in [3.8, 4) is 0 Å². The normalized spacial score (nSPS) is 14.8. The molecular formula is C22H25FN2O2. The zero-order chi connectivity index (χ0) is 19.1. The van der Waals surface area contributed by atoms with Gasteiger partial charge >= 0.3 is 11.8 Å². The van der Waals surface area contributed by atoms with Gasteiger partial charge < -0.3 is 10.2 Å². The maximum absolute atomic E-state index is 13.6. The van der Waals surface area contributed by atoms with Gasteiger partial charge in [0.2, 0.25) is 0 Å². The summed E-state index contributed by atoms with van der Waals surface area (Å²) in [5.74, 6) is -0.839. The summed E-state index contributed by atoms with van der Waals surface area (Å²) in [6, 6.07) is 16.8. The van der Waals surface area contributed by atoms with Gasteiger partial charge in [-0.3, -0.25) is 9.59 Å². The molecule has 2 aromatic carbocycles. The van der Waals surface area contributed by atoms with Crippen LogP contribution in [0.5, 0.6) is 0 Å². The minimum atomic E-state index is -0.604. The molecular weight excluding hydrogens is 343 g/mol. The van der Waals surface area contributed by atoms with Gasteiger partial charge in [0.15, 0.2) is 0 Å². The Kier molecular flexibility index (Phi) is 6.58. The Morgan fingerprint density at radius 1 is 1.00 bits per heavy atom. The average molecular weight is 368 g/mol. The zero-order valence-electron chi connectivity index (χ0n) is 15.4. The average Bonchev–Trinajstić information content (AvgIpc) is 2.70. The number of rotatable bonds is 5. The van der Waals surface area contributed by atoms with Crippen molar-refractivity contribution in [2.24, 2.45) is 5.92 Å². The molecule has 0 saturated carbocycles. The lowest BCUT2D eigenvalue weighted by Crippen LogP contribution is -2.47. The first-order valence-corrected chi connectivity index (χ1v) is 9.48. The van der Waals surface area contributed by atoms with Crippen LogP contribution >= 0.6 is 0 Å². The molecule has 0 unspecified atom stereocenters. The number of piperidine rings is 1. The maximum atomic E-state index is 13.6. The topological polar surface area (TPSA) is 49.4 Å². The molecule has 5 heteroatoms. The SMILES string of the molecule is O=C(NCCc1ccccc1F)C(=O)N1CCC(Cc2ccccc2)CC1. The Hall–Kier alpha value is -2.69. The van der Waals surface area contributed by atoms with E-state index in [9.17, 15) is 14.0 Å². The third kappa shape index (κ3) is 5.39. The van der Waals surface area contributed by atoms with Crippen LogP contribution in [-0.2, 0) is 22.4 Å². The number of carbonyl (C=O) groups excluding carboxylic acids is 2. The number of nitrogens with one attached hydrogen (secondary N) is 1. The molecule has 0 atom stereocenters. The lowest BCUT2D eigenvalue weighted by molar-refractivity contribution is -0.146. The van der Waals surface area contributed by atoms with Crippen LogP contribution in [0.25, 0.3) is 0 Å². The molecule has 0 spiro atoms. The van der Waals surface area contributed by atoms with Crippen molar-refractivity contribution in [1.29, 1.82) is 0 Å². The Bertz CT molecular complexity index is 771. The number of nitrogens with zero attached hydrogens (tertiary/aromatic N) is 1. The molecule has 0 bridgehead atoms. The van der Waals surface area contributed by atoms with Gasteiger partial charge in [0, 0.05) is 19.6 Å². The van der Waals surface area contributed by atoms with Gasteiger partial charge in [0.05, 0.1) is 0 Å². The van der Waals surface area contributed by atoms with Crippen molar-refractivity contribution in [1.82, 2.24) is 10.2 Å². The van der Waals surface area contributed by atoms with E-state index in [-0.39, 0.29) is 12.4 Å². The Balaban J connectivity index is 1.40. The summed E-state index contributed by atoms with van der Waals surface area (Å²) in [6.07, 6.45) is 3.19. The van der Waals surface area contributed by atoms with E-state index in [0.717, 1.165) is 19.3 Å². The second kappa shape index (κ2) is 9.31. The molecule has 0 aromatic heterocycles. The smallest absolute Gasteiger partial charge is 0.311 e. The van der Waals surface area contributed by atoms with Crippen molar-refractivity contribution in [2.45, 2.75) is 25.7 Å². The van der Waals surface area contributed by atoms with E-state index >= 15 is 0 Å².